The molecule has 0 fully saturated rings. The van der Waals surface area contributed by atoms with Crippen LogP contribution in [0, 0.1) is 11.3 Å². The maximum Gasteiger partial charge on any atom is 0.118 e. The predicted octanol–water partition coefficient (Wildman–Crippen LogP) is 4.36. The molecule has 0 N–H and O–H groups in total. The number of nitrogens with zero attached hydrogens (tertiary/aromatic N) is 1. The minimum Gasteiger partial charge on any atom is -0.497 e. The first-order valence-corrected chi connectivity index (χ1v) is 7.14. The number of methoxy groups -OCH3 is 2. The average molecular weight is 297 g/mol. The number of hydrogen-bond acceptors (Lipinski definition) is 4. The smallest absolute Gasteiger partial charge is 0.118 e. The maximum atomic E-state index is 8.97. The molecular weight excluding hydrogens is 282 g/mol. The molecule has 0 aliphatic rings. The van der Waals surface area contributed by atoms with E-state index in [1.54, 1.807) is 32.1 Å². The predicted molar refractivity (Wildman–Crippen MR) is 85.4 cm³/mol. The topological polar surface area (TPSA) is 42.2 Å². The van der Waals surface area contributed by atoms with Crippen LogP contribution in [0.3, 0.4) is 0 Å². The lowest BCUT2D eigenvalue weighted by Gasteiger charge is -2.08. The van der Waals surface area contributed by atoms with Gasteiger partial charge in [0.2, 0.25) is 0 Å². The molecule has 0 aliphatic carbocycles. The third-order valence-corrected chi connectivity index (χ3v) is 3.94. The van der Waals surface area contributed by atoms with Crippen molar-refractivity contribution >= 4 is 16.7 Å². The Balaban J connectivity index is 2.22. The van der Waals surface area contributed by atoms with Crippen LogP contribution in [-0.4, -0.2) is 14.2 Å². The van der Waals surface area contributed by atoms with Crippen molar-refractivity contribution in [2.45, 2.75) is 4.90 Å². The molecule has 0 saturated carbocycles. The van der Waals surface area contributed by atoms with E-state index in [2.05, 4.69) is 6.07 Å². The van der Waals surface area contributed by atoms with Gasteiger partial charge in [-0.2, -0.15) is 5.26 Å². The molecule has 2 aromatic carbocycles. The van der Waals surface area contributed by atoms with Gasteiger partial charge < -0.3 is 9.47 Å². The van der Waals surface area contributed by atoms with Crippen LogP contribution in [0.15, 0.2) is 59.5 Å². The summed E-state index contributed by atoms with van der Waals surface area (Å²) in [5, 5.41) is 8.97. The Labute approximate surface area is 128 Å². The van der Waals surface area contributed by atoms with Gasteiger partial charge in [0.15, 0.2) is 0 Å². The van der Waals surface area contributed by atoms with E-state index in [1.165, 1.54) is 0 Å². The minimum absolute atomic E-state index is 0.796. The van der Waals surface area contributed by atoms with Gasteiger partial charge in [0, 0.05) is 15.9 Å². The lowest BCUT2D eigenvalue weighted by atomic mass is 10.2. The highest BCUT2D eigenvalue weighted by Gasteiger charge is 2.05. The highest BCUT2D eigenvalue weighted by Crippen LogP contribution is 2.35. The molecule has 0 unspecified atom stereocenters. The molecule has 0 bridgehead atoms. The molecule has 0 atom stereocenters. The largest absolute Gasteiger partial charge is 0.497 e. The molecule has 2 aromatic rings. The van der Waals surface area contributed by atoms with Gasteiger partial charge in [-0.15, -0.1) is 0 Å². The standard InChI is InChI=1S/C17H15NO2S/c1-19-14-5-3-13(4-6-14)17(11-12-18)21-16-9-7-15(20-2)8-10-16/h3-11H,1-2H3/b17-11+. The summed E-state index contributed by atoms with van der Waals surface area (Å²) < 4.78 is 10.3. The van der Waals surface area contributed by atoms with Gasteiger partial charge in [-0.1, -0.05) is 23.9 Å². The van der Waals surface area contributed by atoms with E-state index < -0.39 is 0 Å². The molecule has 0 saturated heterocycles. The molecular formula is C17H15NO2S. The van der Waals surface area contributed by atoms with Gasteiger partial charge in [0.25, 0.3) is 0 Å². The maximum absolute atomic E-state index is 8.97. The Morgan fingerprint density at radius 2 is 1.48 bits per heavy atom. The van der Waals surface area contributed by atoms with Crippen molar-refractivity contribution in [3.05, 3.63) is 60.2 Å². The van der Waals surface area contributed by atoms with Crippen molar-refractivity contribution in [3.63, 3.8) is 0 Å². The summed E-state index contributed by atoms with van der Waals surface area (Å²) in [7, 11) is 3.27. The molecule has 0 radical (unpaired) electrons. The van der Waals surface area contributed by atoms with Crippen molar-refractivity contribution in [1.82, 2.24) is 0 Å². The van der Waals surface area contributed by atoms with Gasteiger partial charge in [0.05, 0.1) is 20.3 Å². The third-order valence-electron chi connectivity index (χ3n) is 2.86. The number of nitriles is 1. The van der Waals surface area contributed by atoms with Gasteiger partial charge in [-0.25, -0.2) is 0 Å². The highest BCUT2D eigenvalue weighted by atomic mass is 32.2. The molecule has 21 heavy (non-hydrogen) atoms. The molecule has 3 nitrogen and oxygen atoms in total. The van der Waals surface area contributed by atoms with Crippen LogP contribution in [0.25, 0.3) is 4.91 Å². The zero-order valence-corrected chi connectivity index (χ0v) is 12.7. The van der Waals surface area contributed by atoms with Crippen LogP contribution in [0.4, 0.5) is 0 Å². The average Bonchev–Trinajstić information content (AvgIpc) is 2.55. The normalized spacial score (nSPS) is 10.8. The molecule has 106 valence electrons. The Hall–Kier alpha value is -2.38. The summed E-state index contributed by atoms with van der Waals surface area (Å²) in [6.07, 6.45) is 1.55. The van der Waals surface area contributed by atoms with Gasteiger partial charge in [-0.05, 0) is 42.0 Å². The molecule has 0 aromatic heterocycles. The minimum atomic E-state index is 0.796. The van der Waals surface area contributed by atoms with E-state index in [-0.39, 0.29) is 0 Å². The zero-order valence-electron chi connectivity index (χ0n) is 11.9. The summed E-state index contributed by atoms with van der Waals surface area (Å²) in [6.45, 7) is 0. The first kappa shape index (κ1) is 15.0. The third kappa shape index (κ3) is 4.04. The Morgan fingerprint density at radius 1 is 0.952 bits per heavy atom. The van der Waals surface area contributed by atoms with E-state index in [9.17, 15) is 0 Å². The van der Waals surface area contributed by atoms with Crippen LogP contribution in [-0.2, 0) is 0 Å². The zero-order chi connectivity index (χ0) is 15.1. The van der Waals surface area contributed by atoms with Crippen LogP contribution in [0.5, 0.6) is 11.5 Å². The van der Waals surface area contributed by atoms with Gasteiger partial charge in [0.1, 0.15) is 11.5 Å². The van der Waals surface area contributed by atoms with Gasteiger partial charge in [-0.3, -0.25) is 0 Å². The van der Waals surface area contributed by atoms with E-state index in [0.29, 0.717) is 0 Å². The second-order valence-electron chi connectivity index (χ2n) is 4.14. The van der Waals surface area contributed by atoms with Crippen LogP contribution < -0.4 is 9.47 Å². The van der Waals surface area contributed by atoms with Gasteiger partial charge >= 0.3 is 0 Å². The second kappa shape index (κ2) is 7.41. The SMILES string of the molecule is COc1ccc(S/C(=C/C#N)c2ccc(OC)cc2)cc1. The molecule has 0 spiro atoms. The first-order chi connectivity index (χ1) is 10.3. The fourth-order valence-electron chi connectivity index (χ4n) is 1.76. The van der Waals surface area contributed by atoms with Crippen molar-refractivity contribution < 1.29 is 9.47 Å². The second-order valence-corrected chi connectivity index (χ2v) is 5.26. The summed E-state index contributed by atoms with van der Waals surface area (Å²) >= 11 is 1.54. The van der Waals surface area contributed by atoms with E-state index >= 15 is 0 Å². The summed E-state index contributed by atoms with van der Waals surface area (Å²) in [4.78, 5) is 1.94. The monoisotopic (exact) mass is 297 g/mol. The number of ether oxygens (including phenoxy) is 2. The van der Waals surface area contributed by atoms with Crippen molar-refractivity contribution in [3.8, 4) is 17.6 Å². The Bertz CT molecular complexity index is 655. The fourth-order valence-corrected chi connectivity index (χ4v) is 2.65. The number of hydrogen-bond donors (Lipinski definition) is 0. The number of thioether (sulfide) groups is 1. The number of allylic oxidation sites excluding steroid dienone is 1. The van der Waals surface area contributed by atoms with E-state index in [0.717, 1.165) is 26.9 Å². The van der Waals surface area contributed by atoms with Crippen molar-refractivity contribution in [2.24, 2.45) is 0 Å². The summed E-state index contributed by atoms with van der Waals surface area (Å²) in [6, 6.07) is 17.5. The fraction of sp³-hybridized carbons (Fsp3) is 0.118. The highest BCUT2D eigenvalue weighted by molar-refractivity contribution is 8.08. The quantitative estimate of drug-likeness (QED) is 0.607. The number of rotatable bonds is 5. The summed E-state index contributed by atoms with van der Waals surface area (Å²) in [5.41, 5.74) is 0.984. The lowest BCUT2D eigenvalue weighted by molar-refractivity contribution is 0.414. The van der Waals surface area contributed by atoms with E-state index in [4.69, 9.17) is 14.7 Å². The lowest BCUT2D eigenvalue weighted by Crippen LogP contribution is -1.85. The molecule has 0 amide bonds. The Morgan fingerprint density at radius 3 is 1.95 bits per heavy atom. The van der Waals surface area contributed by atoms with E-state index in [1.807, 2.05) is 48.5 Å². The Kier molecular flexibility index (Phi) is 5.30. The summed E-state index contributed by atoms with van der Waals surface area (Å²) in [5.74, 6) is 1.61. The van der Waals surface area contributed by atoms with Crippen LogP contribution in [0.1, 0.15) is 5.56 Å². The van der Waals surface area contributed by atoms with Crippen molar-refractivity contribution in [1.29, 1.82) is 5.26 Å². The van der Waals surface area contributed by atoms with Crippen LogP contribution in [0.2, 0.25) is 0 Å². The first-order valence-electron chi connectivity index (χ1n) is 6.33. The molecule has 0 heterocycles. The molecule has 2 rings (SSSR count). The van der Waals surface area contributed by atoms with Crippen LogP contribution >= 0.6 is 11.8 Å². The number of benzene rings is 2. The molecule has 0 aliphatic heterocycles. The molecule has 4 heteroatoms. The van der Waals surface area contributed by atoms with Crippen molar-refractivity contribution in [2.75, 3.05) is 14.2 Å².